The molecule has 0 saturated heterocycles. The van der Waals surface area contributed by atoms with Gasteiger partial charge in [0.05, 0.1) is 5.69 Å². The summed E-state index contributed by atoms with van der Waals surface area (Å²) in [6.45, 7) is 0.736. The first-order valence-electron chi connectivity index (χ1n) is 9.04. The van der Waals surface area contributed by atoms with Crippen molar-refractivity contribution in [3.05, 3.63) is 95.1 Å². The Hall–Kier alpha value is -2.82. The van der Waals surface area contributed by atoms with Gasteiger partial charge in [-0.3, -0.25) is 0 Å². The molecule has 1 unspecified atom stereocenters. The molecular formula is C23H20ClFN2O. The molecule has 0 bridgehead atoms. The Bertz CT molecular complexity index is 1050. The molecule has 0 saturated carbocycles. The highest BCUT2D eigenvalue weighted by molar-refractivity contribution is 6.30. The Morgan fingerprint density at radius 1 is 1.07 bits per heavy atom. The van der Waals surface area contributed by atoms with Crippen LogP contribution in [0.1, 0.15) is 11.7 Å². The summed E-state index contributed by atoms with van der Waals surface area (Å²) in [7, 11) is 1.93. The molecule has 1 atom stereocenters. The number of rotatable bonds is 4. The summed E-state index contributed by atoms with van der Waals surface area (Å²) >= 11 is 6.05. The van der Waals surface area contributed by atoms with Gasteiger partial charge in [0.25, 0.3) is 0 Å². The fraction of sp³-hybridized carbons (Fsp3) is 0.130. The molecule has 1 aliphatic heterocycles. The van der Waals surface area contributed by atoms with E-state index in [4.69, 9.17) is 11.6 Å². The van der Waals surface area contributed by atoms with Crippen LogP contribution in [0.25, 0.3) is 22.4 Å². The second kappa shape index (κ2) is 7.66. The molecule has 0 spiro atoms. The molecule has 3 aromatic rings. The van der Waals surface area contributed by atoms with Crippen molar-refractivity contribution in [2.24, 2.45) is 7.05 Å². The predicted octanol–water partition coefficient (Wildman–Crippen LogP) is 5.23. The number of benzene rings is 2. The molecule has 3 nitrogen and oxygen atoms in total. The second-order valence-electron chi connectivity index (χ2n) is 6.79. The van der Waals surface area contributed by atoms with Crippen LogP contribution in [0.3, 0.4) is 0 Å². The second-order valence-corrected chi connectivity index (χ2v) is 7.22. The SMILES string of the molecule is Cn1cc(-c2ccc(Cl)cc2)c(C(O)C2=CNCC=C2)c1-c1ccc(F)cc1. The van der Waals surface area contributed by atoms with Gasteiger partial charge in [0.2, 0.25) is 0 Å². The van der Waals surface area contributed by atoms with E-state index in [2.05, 4.69) is 5.32 Å². The summed E-state index contributed by atoms with van der Waals surface area (Å²) in [4.78, 5) is 0. The highest BCUT2D eigenvalue weighted by atomic mass is 35.5. The minimum absolute atomic E-state index is 0.292. The summed E-state index contributed by atoms with van der Waals surface area (Å²) in [6.07, 6.45) is 6.88. The van der Waals surface area contributed by atoms with Crippen molar-refractivity contribution in [3.8, 4) is 22.4 Å². The molecule has 0 fully saturated rings. The van der Waals surface area contributed by atoms with Gasteiger partial charge in [-0.2, -0.15) is 0 Å². The first-order chi connectivity index (χ1) is 13.5. The number of aryl methyl sites for hydroxylation is 1. The van der Waals surface area contributed by atoms with Gasteiger partial charge in [-0.05, 0) is 47.5 Å². The lowest BCUT2D eigenvalue weighted by atomic mass is 9.92. The van der Waals surface area contributed by atoms with Gasteiger partial charge >= 0.3 is 0 Å². The lowest BCUT2D eigenvalue weighted by Gasteiger charge is -2.19. The number of aliphatic hydroxyl groups is 1. The maximum Gasteiger partial charge on any atom is 0.123 e. The number of hydrogen-bond acceptors (Lipinski definition) is 2. The smallest absolute Gasteiger partial charge is 0.123 e. The molecular weight excluding hydrogens is 375 g/mol. The number of halogens is 2. The summed E-state index contributed by atoms with van der Waals surface area (Å²) < 4.78 is 15.4. The van der Waals surface area contributed by atoms with Gasteiger partial charge in [0.15, 0.2) is 0 Å². The largest absolute Gasteiger partial charge is 0.387 e. The monoisotopic (exact) mass is 394 g/mol. The molecule has 2 N–H and O–H groups in total. The minimum Gasteiger partial charge on any atom is -0.387 e. The van der Waals surface area contributed by atoms with Crippen LogP contribution in [-0.2, 0) is 7.05 Å². The minimum atomic E-state index is -0.837. The number of hydrogen-bond donors (Lipinski definition) is 2. The van der Waals surface area contributed by atoms with Crippen molar-refractivity contribution in [1.29, 1.82) is 0 Å². The topological polar surface area (TPSA) is 37.2 Å². The average Bonchev–Trinajstić information content (AvgIpc) is 3.06. The number of dihydropyridines is 1. The maximum absolute atomic E-state index is 13.5. The normalized spacial score (nSPS) is 14.5. The van der Waals surface area contributed by atoms with Crippen LogP contribution >= 0.6 is 11.6 Å². The maximum atomic E-state index is 13.5. The highest BCUT2D eigenvalue weighted by Gasteiger charge is 2.25. The first-order valence-corrected chi connectivity index (χ1v) is 9.41. The summed E-state index contributed by atoms with van der Waals surface area (Å²) in [5.41, 5.74) is 5.09. The molecule has 1 aliphatic rings. The zero-order chi connectivity index (χ0) is 19.7. The first kappa shape index (κ1) is 18.5. The highest BCUT2D eigenvalue weighted by Crippen LogP contribution is 2.41. The number of aromatic nitrogens is 1. The lowest BCUT2D eigenvalue weighted by molar-refractivity contribution is 0.219. The van der Waals surface area contributed by atoms with Gasteiger partial charge in [0.1, 0.15) is 11.9 Å². The standard InChI is InChI=1S/C23H20ClFN2O/c1-27-14-20(15-4-8-18(24)9-5-15)21(23(28)17-3-2-12-26-13-17)22(27)16-6-10-19(25)11-7-16/h2-11,13-14,23,26,28H,12H2,1H3. The third-order valence-electron chi connectivity index (χ3n) is 4.90. The number of aliphatic hydroxyl groups excluding tert-OH is 1. The van der Waals surface area contributed by atoms with Crippen LogP contribution in [0, 0.1) is 5.82 Å². The Labute approximate surface area is 168 Å². The van der Waals surface area contributed by atoms with E-state index in [1.807, 2.05) is 60.4 Å². The summed E-state index contributed by atoms with van der Waals surface area (Å²) in [5, 5.41) is 15.1. The summed E-state index contributed by atoms with van der Waals surface area (Å²) in [6, 6.07) is 13.9. The Morgan fingerprint density at radius 3 is 2.39 bits per heavy atom. The van der Waals surface area contributed by atoms with Crippen LogP contribution in [0.15, 0.2) is 78.7 Å². The van der Waals surface area contributed by atoms with Gasteiger partial charge in [-0.15, -0.1) is 0 Å². The Balaban J connectivity index is 1.92. The fourth-order valence-electron chi connectivity index (χ4n) is 3.57. The van der Waals surface area contributed by atoms with Crippen LogP contribution in [0.2, 0.25) is 5.02 Å². The van der Waals surface area contributed by atoms with Crippen molar-refractivity contribution in [2.75, 3.05) is 6.54 Å². The lowest BCUT2D eigenvalue weighted by Crippen LogP contribution is -2.13. The molecule has 4 rings (SSSR count). The quantitative estimate of drug-likeness (QED) is 0.636. The van der Waals surface area contributed by atoms with Crippen molar-refractivity contribution in [1.82, 2.24) is 9.88 Å². The van der Waals surface area contributed by atoms with E-state index in [1.54, 1.807) is 12.1 Å². The molecule has 2 aromatic carbocycles. The number of nitrogens with one attached hydrogen (secondary N) is 1. The molecule has 0 radical (unpaired) electrons. The van der Waals surface area contributed by atoms with Crippen LogP contribution in [-0.4, -0.2) is 16.2 Å². The van der Waals surface area contributed by atoms with E-state index in [0.717, 1.165) is 40.1 Å². The van der Waals surface area contributed by atoms with Gasteiger partial charge in [0, 0.05) is 47.7 Å². The van der Waals surface area contributed by atoms with E-state index < -0.39 is 6.10 Å². The van der Waals surface area contributed by atoms with E-state index in [9.17, 15) is 9.50 Å². The van der Waals surface area contributed by atoms with Crippen molar-refractivity contribution in [3.63, 3.8) is 0 Å². The number of nitrogens with zero attached hydrogens (tertiary/aromatic N) is 1. The predicted molar refractivity (Wildman–Crippen MR) is 111 cm³/mol. The van der Waals surface area contributed by atoms with Crippen molar-refractivity contribution < 1.29 is 9.50 Å². The van der Waals surface area contributed by atoms with E-state index >= 15 is 0 Å². The van der Waals surface area contributed by atoms with Crippen molar-refractivity contribution >= 4 is 11.6 Å². The average molecular weight is 395 g/mol. The van der Waals surface area contributed by atoms with Gasteiger partial charge < -0.3 is 15.0 Å². The van der Waals surface area contributed by atoms with Gasteiger partial charge in [-0.1, -0.05) is 35.9 Å². The molecule has 28 heavy (non-hydrogen) atoms. The Morgan fingerprint density at radius 2 is 1.75 bits per heavy atom. The zero-order valence-corrected chi connectivity index (χ0v) is 16.1. The molecule has 2 heterocycles. The molecule has 0 aliphatic carbocycles. The van der Waals surface area contributed by atoms with E-state index in [-0.39, 0.29) is 5.82 Å². The van der Waals surface area contributed by atoms with Gasteiger partial charge in [-0.25, -0.2) is 4.39 Å². The van der Waals surface area contributed by atoms with Crippen LogP contribution < -0.4 is 5.32 Å². The van der Waals surface area contributed by atoms with E-state index in [0.29, 0.717) is 5.02 Å². The third-order valence-corrected chi connectivity index (χ3v) is 5.15. The van der Waals surface area contributed by atoms with Crippen LogP contribution in [0.4, 0.5) is 4.39 Å². The zero-order valence-electron chi connectivity index (χ0n) is 15.4. The Kier molecular flexibility index (Phi) is 5.07. The van der Waals surface area contributed by atoms with Crippen LogP contribution in [0.5, 0.6) is 0 Å². The molecule has 142 valence electrons. The van der Waals surface area contributed by atoms with E-state index in [1.165, 1.54) is 12.1 Å². The molecule has 0 amide bonds. The summed E-state index contributed by atoms with van der Waals surface area (Å²) in [5.74, 6) is -0.292. The molecule has 5 heteroatoms. The third kappa shape index (κ3) is 3.49. The van der Waals surface area contributed by atoms with Crippen molar-refractivity contribution in [2.45, 2.75) is 6.10 Å². The molecule has 1 aromatic heterocycles. The fourth-order valence-corrected chi connectivity index (χ4v) is 3.70.